The van der Waals surface area contributed by atoms with Gasteiger partial charge in [0, 0.05) is 11.3 Å². The van der Waals surface area contributed by atoms with Crippen LogP contribution in [-0.4, -0.2) is 29.0 Å². The van der Waals surface area contributed by atoms with Gasteiger partial charge in [-0.15, -0.1) is 0 Å². The Morgan fingerprint density at radius 1 is 1.62 bits per heavy atom. The second kappa shape index (κ2) is 3.50. The highest BCUT2D eigenvalue weighted by Gasteiger charge is 2.42. The van der Waals surface area contributed by atoms with Crippen molar-refractivity contribution in [1.82, 2.24) is 5.32 Å². The third-order valence-electron chi connectivity index (χ3n) is 2.40. The molecule has 4 heteroatoms. The minimum Gasteiger partial charge on any atom is -0.353 e. The van der Waals surface area contributed by atoms with E-state index in [1.807, 2.05) is 11.8 Å². The largest absolute Gasteiger partial charge is 0.353 e. The minimum atomic E-state index is -0.755. The molecule has 3 N–H and O–H groups in total. The lowest BCUT2D eigenvalue weighted by atomic mass is 10.1. The molecule has 0 bridgehead atoms. The number of thioether (sulfide) groups is 1. The molecule has 1 aliphatic rings. The summed E-state index contributed by atoms with van der Waals surface area (Å²) in [6.07, 6.45) is 4.51. The second-order valence-electron chi connectivity index (χ2n) is 4.29. The fourth-order valence-corrected chi connectivity index (χ4v) is 1.79. The number of nitrogens with two attached hydrogens (primary N) is 1. The van der Waals surface area contributed by atoms with Gasteiger partial charge in [-0.25, -0.2) is 0 Å². The van der Waals surface area contributed by atoms with Crippen molar-refractivity contribution in [3.63, 3.8) is 0 Å². The molecule has 1 saturated carbocycles. The van der Waals surface area contributed by atoms with Crippen LogP contribution in [0.25, 0.3) is 0 Å². The molecule has 0 heterocycles. The van der Waals surface area contributed by atoms with Crippen LogP contribution < -0.4 is 11.1 Å². The monoisotopic (exact) mass is 202 g/mol. The van der Waals surface area contributed by atoms with E-state index in [0.717, 1.165) is 6.54 Å². The predicted molar refractivity (Wildman–Crippen MR) is 56.8 cm³/mol. The van der Waals surface area contributed by atoms with Crippen LogP contribution in [0.5, 0.6) is 0 Å². The Labute approximate surface area is 83.8 Å². The number of carbonyl (C=O) groups is 1. The molecule has 0 unspecified atom stereocenters. The number of hydrogen-bond donors (Lipinski definition) is 2. The molecule has 0 spiro atoms. The molecular weight excluding hydrogens is 184 g/mol. The quantitative estimate of drug-likeness (QED) is 0.707. The lowest BCUT2D eigenvalue weighted by molar-refractivity contribution is -0.125. The van der Waals surface area contributed by atoms with Crippen molar-refractivity contribution in [2.45, 2.75) is 37.0 Å². The van der Waals surface area contributed by atoms with Crippen LogP contribution in [0.15, 0.2) is 0 Å². The maximum Gasteiger partial charge on any atom is 0.239 e. The molecule has 0 radical (unpaired) electrons. The van der Waals surface area contributed by atoms with Crippen LogP contribution in [0.2, 0.25) is 0 Å². The van der Waals surface area contributed by atoms with Gasteiger partial charge in [0.25, 0.3) is 0 Å². The van der Waals surface area contributed by atoms with E-state index in [4.69, 9.17) is 5.73 Å². The number of rotatable bonds is 4. The molecule has 0 saturated heterocycles. The maximum absolute atomic E-state index is 11.4. The van der Waals surface area contributed by atoms with Crippen LogP contribution in [-0.2, 0) is 4.79 Å². The smallest absolute Gasteiger partial charge is 0.239 e. The summed E-state index contributed by atoms with van der Waals surface area (Å²) in [6.45, 7) is 4.20. The van der Waals surface area contributed by atoms with E-state index in [1.165, 1.54) is 12.8 Å². The Morgan fingerprint density at radius 2 is 2.15 bits per heavy atom. The summed E-state index contributed by atoms with van der Waals surface area (Å²) in [5.41, 5.74) is 4.90. The third-order valence-corrected chi connectivity index (χ3v) is 3.82. The van der Waals surface area contributed by atoms with Crippen molar-refractivity contribution in [3.8, 4) is 0 Å². The molecule has 0 atom stereocenters. The van der Waals surface area contributed by atoms with Crippen LogP contribution in [0.1, 0.15) is 26.7 Å². The first-order chi connectivity index (χ1) is 5.90. The first kappa shape index (κ1) is 10.9. The topological polar surface area (TPSA) is 55.1 Å². The fourth-order valence-electron chi connectivity index (χ4n) is 1.06. The summed E-state index contributed by atoms with van der Waals surface area (Å²) in [5.74, 6) is -0.0622. The Bertz CT molecular complexity index is 206. The second-order valence-corrected chi connectivity index (χ2v) is 5.57. The van der Waals surface area contributed by atoms with Gasteiger partial charge in [0.1, 0.15) is 0 Å². The zero-order chi connectivity index (χ0) is 10.1. The molecule has 1 rings (SSSR count). The van der Waals surface area contributed by atoms with Gasteiger partial charge in [0.05, 0.1) is 5.54 Å². The third kappa shape index (κ3) is 2.88. The molecule has 1 amide bonds. The Kier molecular flexibility index (Phi) is 2.92. The SMILES string of the molecule is CSC1(CNC(=O)C(C)(C)N)CC1. The molecule has 0 aliphatic heterocycles. The standard InChI is InChI=1S/C9H18N2OS/c1-8(2,10)7(12)11-6-9(13-3)4-5-9/h4-6,10H2,1-3H3,(H,11,12). The summed E-state index contributed by atoms with van der Waals surface area (Å²) in [4.78, 5) is 11.4. The molecule has 1 aliphatic carbocycles. The van der Waals surface area contributed by atoms with Crippen molar-refractivity contribution < 1.29 is 4.79 Å². The molecule has 0 aromatic heterocycles. The Balaban J connectivity index is 2.31. The van der Waals surface area contributed by atoms with Crippen LogP contribution in [0.4, 0.5) is 0 Å². The predicted octanol–water partition coefficient (Wildman–Crippen LogP) is 0.735. The number of amides is 1. The first-order valence-electron chi connectivity index (χ1n) is 4.52. The highest BCUT2D eigenvalue weighted by Crippen LogP contribution is 2.46. The van der Waals surface area contributed by atoms with E-state index in [2.05, 4.69) is 11.6 Å². The fraction of sp³-hybridized carbons (Fsp3) is 0.889. The van der Waals surface area contributed by atoms with Crippen molar-refractivity contribution in [3.05, 3.63) is 0 Å². The van der Waals surface area contributed by atoms with Gasteiger partial charge in [-0.3, -0.25) is 4.79 Å². The number of hydrogen-bond acceptors (Lipinski definition) is 3. The maximum atomic E-state index is 11.4. The van der Waals surface area contributed by atoms with Crippen molar-refractivity contribution in [1.29, 1.82) is 0 Å². The molecule has 3 nitrogen and oxygen atoms in total. The van der Waals surface area contributed by atoms with E-state index < -0.39 is 5.54 Å². The molecule has 76 valence electrons. The van der Waals surface area contributed by atoms with Gasteiger partial charge in [-0.1, -0.05) is 0 Å². The van der Waals surface area contributed by atoms with E-state index in [9.17, 15) is 4.79 Å². The van der Waals surface area contributed by atoms with Gasteiger partial charge in [-0.2, -0.15) is 11.8 Å². The average Bonchev–Trinajstić information content (AvgIpc) is 2.79. The van der Waals surface area contributed by atoms with Crippen LogP contribution in [0.3, 0.4) is 0 Å². The molecular formula is C9H18N2OS. The van der Waals surface area contributed by atoms with Crippen LogP contribution >= 0.6 is 11.8 Å². The Hall–Kier alpha value is -0.220. The zero-order valence-corrected chi connectivity index (χ0v) is 9.33. The zero-order valence-electron chi connectivity index (χ0n) is 8.52. The van der Waals surface area contributed by atoms with Gasteiger partial charge in [-0.05, 0) is 32.9 Å². The van der Waals surface area contributed by atoms with E-state index >= 15 is 0 Å². The lowest BCUT2D eigenvalue weighted by Crippen LogP contribution is -2.50. The number of carbonyl (C=O) groups excluding carboxylic acids is 1. The summed E-state index contributed by atoms with van der Waals surface area (Å²) in [5, 5.41) is 2.89. The van der Waals surface area contributed by atoms with Gasteiger partial charge in [0.2, 0.25) is 5.91 Å². The number of nitrogens with one attached hydrogen (secondary N) is 1. The van der Waals surface area contributed by atoms with Crippen molar-refractivity contribution >= 4 is 17.7 Å². The normalized spacial score (nSPS) is 19.7. The highest BCUT2D eigenvalue weighted by molar-refractivity contribution is 8.00. The van der Waals surface area contributed by atoms with Gasteiger partial charge < -0.3 is 11.1 Å². The van der Waals surface area contributed by atoms with Crippen molar-refractivity contribution in [2.24, 2.45) is 5.73 Å². The van der Waals surface area contributed by atoms with Crippen molar-refractivity contribution in [2.75, 3.05) is 12.8 Å². The highest BCUT2D eigenvalue weighted by atomic mass is 32.2. The lowest BCUT2D eigenvalue weighted by Gasteiger charge is -2.20. The Morgan fingerprint density at radius 3 is 2.46 bits per heavy atom. The molecule has 0 aromatic carbocycles. The molecule has 0 aromatic rings. The first-order valence-corrected chi connectivity index (χ1v) is 5.74. The van der Waals surface area contributed by atoms with Gasteiger partial charge >= 0.3 is 0 Å². The van der Waals surface area contributed by atoms with E-state index in [-0.39, 0.29) is 5.91 Å². The summed E-state index contributed by atoms with van der Waals surface area (Å²) >= 11 is 1.84. The summed E-state index contributed by atoms with van der Waals surface area (Å²) in [7, 11) is 0. The summed E-state index contributed by atoms with van der Waals surface area (Å²) in [6, 6.07) is 0. The van der Waals surface area contributed by atoms with Crippen LogP contribution in [0, 0.1) is 0 Å². The molecule has 13 heavy (non-hydrogen) atoms. The summed E-state index contributed by atoms with van der Waals surface area (Å²) < 4.78 is 0.320. The average molecular weight is 202 g/mol. The molecule has 1 fully saturated rings. The van der Waals surface area contributed by atoms with Gasteiger partial charge in [0.15, 0.2) is 0 Å². The van der Waals surface area contributed by atoms with E-state index in [0.29, 0.717) is 4.75 Å². The minimum absolute atomic E-state index is 0.0622. The van der Waals surface area contributed by atoms with E-state index in [1.54, 1.807) is 13.8 Å².